The summed E-state index contributed by atoms with van der Waals surface area (Å²) in [6.45, 7) is 0.285. The third kappa shape index (κ3) is 3.11. The number of hydrogen-bond donors (Lipinski definition) is 1. The van der Waals surface area contributed by atoms with Gasteiger partial charge in [0.1, 0.15) is 18.2 Å². The molecule has 4 heteroatoms. The highest BCUT2D eigenvalue weighted by molar-refractivity contribution is 9.10. The first-order chi connectivity index (χ1) is 10.1. The summed E-state index contributed by atoms with van der Waals surface area (Å²) in [5.74, 6) is 0.405. The highest BCUT2D eigenvalue weighted by Gasteiger charge is 2.18. The Balaban J connectivity index is 1.77. The van der Waals surface area contributed by atoms with E-state index in [-0.39, 0.29) is 12.4 Å². The molecule has 1 aliphatic carbocycles. The summed E-state index contributed by atoms with van der Waals surface area (Å²) >= 11 is 3.23. The van der Waals surface area contributed by atoms with Crippen molar-refractivity contribution in [1.29, 1.82) is 0 Å². The van der Waals surface area contributed by atoms with Gasteiger partial charge in [-0.3, -0.25) is 0 Å². The van der Waals surface area contributed by atoms with Gasteiger partial charge in [-0.1, -0.05) is 18.2 Å². The van der Waals surface area contributed by atoms with Crippen molar-refractivity contribution in [3.63, 3.8) is 0 Å². The maximum absolute atomic E-state index is 13.4. The predicted molar refractivity (Wildman–Crippen MR) is 82.8 cm³/mol. The van der Waals surface area contributed by atoms with Crippen LogP contribution in [0.5, 0.6) is 5.75 Å². The highest BCUT2D eigenvalue weighted by atomic mass is 79.9. The molecule has 1 N–H and O–H groups in total. The molecule has 1 aliphatic rings. The smallest absolute Gasteiger partial charge is 0.137 e. The molecule has 21 heavy (non-hydrogen) atoms. The summed E-state index contributed by atoms with van der Waals surface area (Å²) in [5.41, 5.74) is 2.90. The zero-order valence-electron chi connectivity index (χ0n) is 11.5. The summed E-state index contributed by atoms with van der Waals surface area (Å²) in [6.07, 6.45) is 2.41. The summed E-state index contributed by atoms with van der Waals surface area (Å²) in [5, 5.41) is 10.0. The number of aryl methyl sites for hydroxylation is 1. The van der Waals surface area contributed by atoms with Crippen molar-refractivity contribution in [2.24, 2.45) is 0 Å². The zero-order chi connectivity index (χ0) is 14.8. The van der Waals surface area contributed by atoms with Gasteiger partial charge in [0.2, 0.25) is 0 Å². The molecule has 0 heterocycles. The normalized spacial score (nSPS) is 17.4. The first-order valence-corrected chi connectivity index (χ1v) is 7.81. The largest absolute Gasteiger partial charge is 0.489 e. The Labute approximate surface area is 131 Å². The van der Waals surface area contributed by atoms with Crippen LogP contribution < -0.4 is 4.74 Å². The van der Waals surface area contributed by atoms with Crippen molar-refractivity contribution in [2.45, 2.75) is 32.0 Å². The van der Waals surface area contributed by atoms with E-state index in [9.17, 15) is 9.50 Å². The molecule has 0 unspecified atom stereocenters. The van der Waals surface area contributed by atoms with Crippen molar-refractivity contribution in [1.82, 2.24) is 0 Å². The number of aliphatic hydroxyl groups is 1. The predicted octanol–water partition coefficient (Wildman–Crippen LogP) is 4.54. The molecule has 0 fully saturated rings. The van der Waals surface area contributed by atoms with Crippen molar-refractivity contribution in [2.75, 3.05) is 0 Å². The molecule has 1 atom stereocenters. The van der Waals surface area contributed by atoms with E-state index in [1.807, 2.05) is 24.3 Å². The Hall–Kier alpha value is -1.39. The number of hydrogen-bond acceptors (Lipinski definition) is 2. The lowest BCUT2D eigenvalue weighted by molar-refractivity contribution is 0.156. The van der Waals surface area contributed by atoms with Crippen molar-refractivity contribution >= 4 is 15.9 Å². The lowest BCUT2D eigenvalue weighted by Gasteiger charge is -2.22. The minimum atomic E-state index is -0.404. The van der Waals surface area contributed by atoms with Gasteiger partial charge in [-0.2, -0.15) is 0 Å². The Morgan fingerprint density at radius 3 is 3.00 bits per heavy atom. The second-order valence-corrected chi connectivity index (χ2v) is 6.06. The van der Waals surface area contributed by atoms with Crippen LogP contribution in [0.3, 0.4) is 0 Å². The maximum atomic E-state index is 13.4. The molecule has 3 rings (SSSR count). The molecule has 0 amide bonds. The molecular weight excluding hydrogens is 335 g/mol. The molecule has 0 radical (unpaired) electrons. The van der Waals surface area contributed by atoms with Crippen LogP contribution >= 0.6 is 15.9 Å². The van der Waals surface area contributed by atoms with Gasteiger partial charge in [-0.15, -0.1) is 0 Å². The van der Waals surface area contributed by atoms with Gasteiger partial charge in [0.05, 0.1) is 10.6 Å². The summed E-state index contributed by atoms with van der Waals surface area (Å²) in [6, 6.07) is 10.7. The van der Waals surface area contributed by atoms with E-state index in [2.05, 4.69) is 15.9 Å². The fourth-order valence-corrected chi connectivity index (χ4v) is 3.04. The Morgan fingerprint density at radius 1 is 1.29 bits per heavy atom. The molecule has 2 aromatic rings. The SMILES string of the molecule is O[C@H]1CCCc2ccc(OCc3cccc(F)c3Br)cc21. The summed E-state index contributed by atoms with van der Waals surface area (Å²) in [7, 11) is 0. The quantitative estimate of drug-likeness (QED) is 0.880. The topological polar surface area (TPSA) is 29.5 Å². The van der Waals surface area contributed by atoms with Gasteiger partial charge < -0.3 is 9.84 Å². The minimum absolute atomic E-state index is 0.285. The van der Waals surface area contributed by atoms with Crippen LogP contribution in [0.25, 0.3) is 0 Å². The number of aliphatic hydroxyl groups excluding tert-OH is 1. The Bertz CT molecular complexity index is 657. The molecule has 0 spiro atoms. The van der Waals surface area contributed by atoms with E-state index in [0.29, 0.717) is 10.2 Å². The molecular formula is C17H16BrFO2. The van der Waals surface area contributed by atoms with Crippen molar-refractivity contribution < 1.29 is 14.2 Å². The van der Waals surface area contributed by atoms with Gasteiger partial charge in [0.25, 0.3) is 0 Å². The van der Waals surface area contributed by atoms with Crippen LogP contribution in [-0.2, 0) is 13.0 Å². The monoisotopic (exact) mass is 350 g/mol. The van der Waals surface area contributed by atoms with Crippen LogP contribution in [0.4, 0.5) is 4.39 Å². The number of benzene rings is 2. The van der Waals surface area contributed by atoms with Gasteiger partial charge in [0, 0.05) is 5.56 Å². The zero-order valence-corrected chi connectivity index (χ0v) is 13.1. The Kier molecular flexibility index (Phi) is 4.27. The maximum Gasteiger partial charge on any atom is 0.137 e. The molecule has 2 aromatic carbocycles. The third-order valence-electron chi connectivity index (χ3n) is 3.83. The summed E-state index contributed by atoms with van der Waals surface area (Å²) < 4.78 is 19.6. The molecule has 0 aromatic heterocycles. The highest BCUT2D eigenvalue weighted by Crippen LogP contribution is 2.32. The van der Waals surface area contributed by atoms with E-state index < -0.39 is 6.10 Å². The first-order valence-electron chi connectivity index (χ1n) is 7.02. The second kappa shape index (κ2) is 6.16. The van der Waals surface area contributed by atoms with Crippen LogP contribution in [0.15, 0.2) is 40.9 Å². The lowest BCUT2D eigenvalue weighted by atomic mass is 9.89. The van der Waals surface area contributed by atoms with Gasteiger partial charge in [0.15, 0.2) is 0 Å². The number of rotatable bonds is 3. The molecule has 0 bridgehead atoms. The number of ether oxygens (including phenoxy) is 1. The second-order valence-electron chi connectivity index (χ2n) is 5.27. The minimum Gasteiger partial charge on any atom is -0.489 e. The van der Waals surface area contributed by atoms with Gasteiger partial charge >= 0.3 is 0 Å². The Morgan fingerprint density at radius 2 is 2.14 bits per heavy atom. The third-order valence-corrected chi connectivity index (χ3v) is 4.71. The van der Waals surface area contributed by atoms with Crippen molar-refractivity contribution in [3.05, 3.63) is 63.4 Å². The molecule has 0 saturated heterocycles. The first kappa shape index (κ1) is 14.5. The van der Waals surface area contributed by atoms with Crippen LogP contribution in [0, 0.1) is 5.82 Å². The molecule has 0 saturated carbocycles. The lowest BCUT2D eigenvalue weighted by Crippen LogP contribution is -2.09. The fraction of sp³-hybridized carbons (Fsp3) is 0.294. The van der Waals surface area contributed by atoms with Crippen molar-refractivity contribution in [3.8, 4) is 5.75 Å². The van der Waals surface area contributed by atoms with E-state index in [4.69, 9.17) is 4.74 Å². The van der Waals surface area contributed by atoms with Crippen LogP contribution in [0.2, 0.25) is 0 Å². The van der Waals surface area contributed by atoms with E-state index in [1.165, 1.54) is 11.6 Å². The average molecular weight is 351 g/mol. The van der Waals surface area contributed by atoms with Gasteiger partial charge in [-0.25, -0.2) is 4.39 Å². The molecule has 0 aliphatic heterocycles. The average Bonchev–Trinajstić information content (AvgIpc) is 2.49. The number of halogens is 2. The molecule has 2 nitrogen and oxygen atoms in total. The molecule has 110 valence electrons. The van der Waals surface area contributed by atoms with Crippen LogP contribution in [-0.4, -0.2) is 5.11 Å². The summed E-state index contributed by atoms with van der Waals surface area (Å²) in [4.78, 5) is 0. The van der Waals surface area contributed by atoms with E-state index in [0.717, 1.165) is 30.4 Å². The van der Waals surface area contributed by atoms with E-state index in [1.54, 1.807) is 6.07 Å². The van der Waals surface area contributed by atoms with Gasteiger partial charge in [-0.05, 0) is 64.5 Å². The van der Waals surface area contributed by atoms with Crippen LogP contribution in [0.1, 0.15) is 35.6 Å². The standard InChI is InChI=1S/C17H16BrFO2/c18-17-12(4-1-5-15(17)19)10-21-13-8-7-11-3-2-6-16(20)14(11)9-13/h1,4-5,7-9,16,20H,2-3,6,10H2/t16-/m0/s1. The number of fused-ring (bicyclic) bond motifs is 1. The van der Waals surface area contributed by atoms with E-state index >= 15 is 0 Å². The fourth-order valence-electron chi connectivity index (χ4n) is 2.66.